The Morgan fingerprint density at radius 2 is 1.68 bits per heavy atom. The lowest BCUT2D eigenvalue weighted by molar-refractivity contribution is -0.115. The Kier molecular flexibility index (Phi) is 5.50. The summed E-state index contributed by atoms with van der Waals surface area (Å²) in [5, 5.41) is 3.40. The van der Waals surface area contributed by atoms with E-state index in [1.54, 1.807) is 49.4 Å². The Bertz CT molecular complexity index is 688. The molecule has 0 aliphatic heterocycles. The zero-order valence-corrected chi connectivity index (χ0v) is 12.9. The fourth-order valence-electron chi connectivity index (χ4n) is 1.81. The van der Waals surface area contributed by atoms with Gasteiger partial charge in [-0.05, 0) is 48.0 Å². The number of benzene rings is 2. The molecule has 0 aliphatic carbocycles. The third kappa shape index (κ3) is 4.57. The molecule has 0 spiro atoms. The highest BCUT2D eigenvalue weighted by molar-refractivity contribution is 6.30. The molecule has 112 valence electrons. The highest BCUT2D eigenvalue weighted by Crippen LogP contribution is 2.13. The lowest BCUT2D eigenvalue weighted by Gasteiger charge is -2.03. The lowest BCUT2D eigenvalue weighted by atomic mass is 10.1. The van der Waals surface area contributed by atoms with Crippen molar-refractivity contribution in [2.75, 3.05) is 5.32 Å². The molecule has 0 fully saturated rings. The molecule has 0 aliphatic rings. The van der Waals surface area contributed by atoms with Crippen molar-refractivity contribution in [3.63, 3.8) is 0 Å². The molecule has 0 unspecified atom stereocenters. The molecule has 4 heteroatoms. The van der Waals surface area contributed by atoms with Gasteiger partial charge in [-0.25, -0.2) is 0 Å². The fraction of sp³-hybridized carbons (Fsp3) is 0.111. The highest BCUT2D eigenvalue weighted by atomic mass is 35.5. The predicted octanol–water partition coefficient (Wildman–Crippen LogP) is 4.58. The van der Waals surface area contributed by atoms with Crippen LogP contribution in [-0.2, 0) is 4.79 Å². The second-order valence-corrected chi connectivity index (χ2v) is 5.16. The van der Waals surface area contributed by atoms with Crippen LogP contribution in [0.15, 0.2) is 54.6 Å². The van der Waals surface area contributed by atoms with E-state index < -0.39 is 0 Å². The van der Waals surface area contributed by atoms with Gasteiger partial charge in [0.05, 0.1) is 0 Å². The van der Waals surface area contributed by atoms with Gasteiger partial charge in [0.1, 0.15) is 0 Å². The van der Waals surface area contributed by atoms with E-state index in [2.05, 4.69) is 5.32 Å². The number of amides is 1. The summed E-state index contributed by atoms with van der Waals surface area (Å²) in [6.45, 7) is 1.79. The van der Waals surface area contributed by atoms with Crippen molar-refractivity contribution in [1.29, 1.82) is 0 Å². The monoisotopic (exact) mass is 313 g/mol. The minimum Gasteiger partial charge on any atom is -0.326 e. The minimum atomic E-state index is -0.0941. The second-order valence-electron chi connectivity index (χ2n) is 4.73. The molecule has 2 aromatic carbocycles. The Morgan fingerprint density at radius 1 is 1.05 bits per heavy atom. The quantitative estimate of drug-likeness (QED) is 0.648. The van der Waals surface area contributed by atoms with Gasteiger partial charge in [-0.2, -0.15) is 0 Å². The number of hydrogen-bond donors (Lipinski definition) is 1. The Labute approximate surface area is 134 Å². The SMILES string of the molecule is CCC(=O)Nc1ccc(C(=O)C=Cc2ccc(Cl)cc2)cc1. The zero-order valence-electron chi connectivity index (χ0n) is 12.2. The number of allylic oxidation sites excluding steroid dienone is 1. The topological polar surface area (TPSA) is 46.2 Å². The van der Waals surface area contributed by atoms with Crippen LogP contribution < -0.4 is 5.32 Å². The van der Waals surface area contributed by atoms with Crippen molar-refractivity contribution in [2.45, 2.75) is 13.3 Å². The molecular weight excluding hydrogens is 298 g/mol. The Hall–Kier alpha value is -2.39. The van der Waals surface area contributed by atoms with Crippen LogP contribution in [0.4, 0.5) is 5.69 Å². The molecule has 0 bridgehead atoms. The number of anilines is 1. The van der Waals surface area contributed by atoms with Gasteiger partial charge in [0.25, 0.3) is 0 Å². The standard InChI is InChI=1S/C18H16ClNO2/c1-2-18(22)20-16-10-6-14(7-11-16)17(21)12-5-13-3-8-15(19)9-4-13/h3-12H,2H2,1H3,(H,20,22). The number of halogens is 1. The van der Waals surface area contributed by atoms with Gasteiger partial charge >= 0.3 is 0 Å². The summed E-state index contributed by atoms with van der Waals surface area (Å²) in [6, 6.07) is 14.1. The van der Waals surface area contributed by atoms with E-state index in [1.807, 2.05) is 12.1 Å². The lowest BCUT2D eigenvalue weighted by Crippen LogP contribution is -2.09. The summed E-state index contributed by atoms with van der Waals surface area (Å²) in [5.74, 6) is -0.148. The van der Waals surface area contributed by atoms with Crippen LogP contribution >= 0.6 is 11.6 Å². The van der Waals surface area contributed by atoms with E-state index in [9.17, 15) is 9.59 Å². The third-order valence-electron chi connectivity index (χ3n) is 3.07. The molecule has 22 heavy (non-hydrogen) atoms. The molecule has 0 saturated carbocycles. The zero-order chi connectivity index (χ0) is 15.9. The van der Waals surface area contributed by atoms with Crippen LogP contribution in [0, 0.1) is 0 Å². The number of ketones is 1. The first-order valence-corrected chi connectivity index (χ1v) is 7.34. The summed E-state index contributed by atoms with van der Waals surface area (Å²) in [7, 11) is 0. The number of hydrogen-bond acceptors (Lipinski definition) is 2. The van der Waals surface area contributed by atoms with Gasteiger partial charge in [0.2, 0.25) is 5.91 Å². The maximum absolute atomic E-state index is 12.1. The first kappa shape index (κ1) is 16.0. The van der Waals surface area contributed by atoms with Crippen LogP contribution in [0.25, 0.3) is 6.08 Å². The van der Waals surface area contributed by atoms with Crippen molar-refractivity contribution in [2.24, 2.45) is 0 Å². The molecule has 2 aromatic rings. The maximum Gasteiger partial charge on any atom is 0.224 e. The van der Waals surface area contributed by atoms with Crippen molar-refractivity contribution in [3.05, 3.63) is 70.8 Å². The van der Waals surface area contributed by atoms with Gasteiger partial charge in [0.15, 0.2) is 5.78 Å². The van der Waals surface area contributed by atoms with E-state index in [0.717, 1.165) is 5.56 Å². The molecule has 0 heterocycles. The smallest absolute Gasteiger partial charge is 0.224 e. The average Bonchev–Trinajstić information content (AvgIpc) is 2.54. The van der Waals surface area contributed by atoms with Gasteiger partial charge < -0.3 is 5.32 Å². The van der Waals surface area contributed by atoms with E-state index >= 15 is 0 Å². The van der Waals surface area contributed by atoms with Crippen molar-refractivity contribution in [3.8, 4) is 0 Å². The summed E-state index contributed by atoms with van der Waals surface area (Å²) in [4.78, 5) is 23.4. The molecule has 0 saturated heterocycles. The van der Waals surface area contributed by atoms with E-state index in [4.69, 9.17) is 11.6 Å². The summed E-state index contributed by atoms with van der Waals surface area (Å²) < 4.78 is 0. The van der Waals surface area contributed by atoms with E-state index in [-0.39, 0.29) is 11.7 Å². The summed E-state index contributed by atoms with van der Waals surface area (Å²) >= 11 is 5.81. The average molecular weight is 314 g/mol. The van der Waals surface area contributed by atoms with Gasteiger partial charge in [-0.3, -0.25) is 9.59 Å². The third-order valence-corrected chi connectivity index (χ3v) is 3.32. The minimum absolute atomic E-state index is 0.0540. The molecule has 0 radical (unpaired) electrons. The van der Waals surface area contributed by atoms with Crippen LogP contribution in [0.3, 0.4) is 0 Å². The molecule has 3 nitrogen and oxygen atoms in total. The van der Waals surface area contributed by atoms with E-state index in [1.165, 1.54) is 6.08 Å². The Balaban J connectivity index is 2.03. The van der Waals surface area contributed by atoms with Crippen molar-refractivity contribution in [1.82, 2.24) is 0 Å². The molecule has 2 rings (SSSR count). The van der Waals surface area contributed by atoms with Crippen LogP contribution in [0.2, 0.25) is 5.02 Å². The number of carbonyl (C=O) groups excluding carboxylic acids is 2. The van der Waals surface area contributed by atoms with Gasteiger partial charge in [0, 0.05) is 22.7 Å². The van der Waals surface area contributed by atoms with Gasteiger partial charge in [-0.15, -0.1) is 0 Å². The number of nitrogens with one attached hydrogen (secondary N) is 1. The van der Waals surface area contributed by atoms with Gasteiger partial charge in [-0.1, -0.05) is 36.7 Å². The summed E-state index contributed by atoms with van der Waals surface area (Å²) in [5.41, 5.74) is 2.16. The fourth-order valence-corrected chi connectivity index (χ4v) is 1.94. The largest absolute Gasteiger partial charge is 0.326 e. The maximum atomic E-state index is 12.1. The number of carbonyl (C=O) groups is 2. The molecule has 0 aromatic heterocycles. The number of rotatable bonds is 5. The summed E-state index contributed by atoms with van der Waals surface area (Å²) in [6.07, 6.45) is 3.68. The predicted molar refractivity (Wildman–Crippen MR) is 90.2 cm³/mol. The molecular formula is C18H16ClNO2. The van der Waals surface area contributed by atoms with Crippen LogP contribution in [-0.4, -0.2) is 11.7 Å². The van der Waals surface area contributed by atoms with E-state index in [0.29, 0.717) is 22.7 Å². The molecule has 0 atom stereocenters. The van der Waals surface area contributed by atoms with Crippen molar-refractivity contribution < 1.29 is 9.59 Å². The molecule has 1 N–H and O–H groups in total. The van der Waals surface area contributed by atoms with Crippen LogP contribution in [0.1, 0.15) is 29.3 Å². The Morgan fingerprint density at radius 3 is 2.27 bits per heavy atom. The first-order chi connectivity index (χ1) is 10.6. The normalized spacial score (nSPS) is 10.6. The molecule has 1 amide bonds. The van der Waals surface area contributed by atoms with Crippen molar-refractivity contribution >= 4 is 35.1 Å². The first-order valence-electron chi connectivity index (χ1n) is 6.96. The van der Waals surface area contributed by atoms with Crippen LogP contribution in [0.5, 0.6) is 0 Å². The highest BCUT2D eigenvalue weighted by Gasteiger charge is 2.03. The second kappa shape index (κ2) is 7.57.